The molecule has 0 radical (unpaired) electrons. The quantitative estimate of drug-likeness (QED) is 0.667. The predicted molar refractivity (Wildman–Crippen MR) is 87.7 cm³/mol. The first-order chi connectivity index (χ1) is 10.7. The van der Waals surface area contributed by atoms with E-state index in [1.807, 2.05) is 0 Å². The molecule has 11 heteroatoms. The van der Waals surface area contributed by atoms with Crippen LogP contribution in [0.4, 0.5) is 9.80 Å². The molecule has 2 heterocycles. The van der Waals surface area contributed by atoms with Gasteiger partial charge in [0.05, 0.1) is 18.7 Å². The normalized spacial score (nSPS) is 17.4. The maximum absolute atomic E-state index is 11.5. The number of carboxylic acid groups (broad SMARTS) is 1. The summed E-state index contributed by atoms with van der Waals surface area (Å²) in [6, 6.07) is 0. The Balaban J connectivity index is 2.00. The number of fused-ring (bicyclic) bond motifs is 1. The van der Waals surface area contributed by atoms with Gasteiger partial charge in [-0.15, -0.1) is 11.3 Å². The van der Waals surface area contributed by atoms with Crippen molar-refractivity contribution < 1.29 is 24.2 Å². The van der Waals surface area contributed by atoms with Crippen molar-refractivity contribution in [3.8, 4) is 0 Å². The van der Waals surface area contributed by atoms with E-state index >= 15 is 0 Å². The van der Waals surface area contributed by atoms with Gasteiger partial charge in [0.25, 0.3) is 0 Å². The number of carboxylic acids is 1. The van der Waals surface area contributed by atoms with E-state index in [4.69, 9.17) is 50.0 Å². The molecule has 0 aliphatic carbocycles. The Hall–Kier alpha value is -0.930. The first kappa shape index (κ1) is 18.4. The second-order valence-electron chi connectivity index (χ2n) is 4.67. The van der Waals surface area contributed by atoms with E-state index in [9.17, 15) is 14.7 Å². The number of amides is 1. The fourth-order valence-electron chi connectivity index (χ4n) is 2.15. The molecule has 0 saturated carbocycles. The average Bonchev–Trinajstić information content (AvgIpc) is 2.78. The number of carbonyl (C=O) groups is 2. The van der Waals surface area contributed by atoms with Crippen LogP contribution >= 0.6 is 46.1 Å². The number of nitrogen functional groups attached to an aromatic ring is 1. The molecule has 0 spiro atoms. The lowest BCUT2D eigenvalue weighted by Crippen LogP contribution is -2.33. The lowest BCUT2D eigenvalue weighted by Gasteiger charge is -2.23. The minimum Gasteiger partial charge on any atom is -0.478 e. The van der Waals surface area contributed by atoms with Gasteiger partial charge in [-0.2, -0.15) is 0 Å². The topological polar surface area (TPSA) is 111 Å². The van der Waals surface area contributed by atoms with Crippen LogP contribution in [0.5, 0.6) is 0 Å². The van der Waals surface area contributed by atoms with E-state index < -0.39 is 28.6 Å². The van der Waals surface area contributed by atoms with E-state index in [1.165, 1.54) is 0 Å². The fourth-order valence-corrected chi connectivity index (χ4v) is 3.47. The highest BCUT2D eigenvalue weighted by atomic mass is 35.6. The third-order valence-electron chi connectivity index (χ3n) is 3.04. The summed E-state index contributed by atoms with van der Waals surface area (Å²) in [4.78, 5) is 23.5. The molecule has 1 aliphatic heterocycles. The minimum atomic E-state index is -1.69. The van der Waals surface area contributed by atoms with Crippen LogP contribution in [0.25, 0.3) is 0 Å². The highest BCUT2D eigenvalue weighted by molar-refractivity contribution is 7.16. The number of hydrogen-bond donors (Lipinski definition) is 3. The molecule has 4 N–H and O–H groups in total. The lowest BCUT2D eigenvalue weighted by atomic mass is 10.0. The molecule has 1 aromatic heterocycles. The van der Waals surface area contributed by atoms with Crippen molar-refractivity contribution >= 4 is 63.2 Å². The second kappa shape index (κ2) is 7.31. The third kappa shape index (κ3) is 4.77. The van der Waals surface area contributed by atoms with Gasteiger partial charge in [-0.1, -0.05) is 34.8 Å². The number of ether oxygens (including phenoxy) is 2. The number of hydrogen-bond acceptors (Lipinski definition) is 6. The van der Waals surface area contributed by atoms with Gasteiger partial charge in [-0.25, -0.2) is 9.59 Å². The SMILES string of the molecule is Nc1sc2c(c1C(=O)O)CCOC2CNC(=O)OCC(Cl)(Cl)Cl. The summed E-state index contributed by atoms with van der Waals surface area (Å²) in [5.74, 6) is -1.07. The van der Waals surface area contributed by atoms with Crippen LogP contribution in [0.2, 0.25) is 0 Å². The molecule has 128 valence electrons. The molecular weight excluding hydrogens is 391 g/mol. The summed E-state index contributed by atoms with van der Waals surface area (Å²) in [7, 11) is 0. The van der Waals surface area contributed by atoms with E-state index in [0.717, 1.165) is 11.3 Å². The predicted octanol–water partition coefficient (Wildman–Crippen LogP) is 2.74. The number of alkyl carbamates (subject to hydrolysis) is 1. The summed E-state index contributed by atoms with van der Waals surface area (Å²) in [5.41, 5.74) is 6.52. The van der Waals surface area contributed by atoms with Crippen molar-refractivity contribution in [2.75, 3.05) is 25.5 Å². The van der Waals surface area contributed by atoms with Crippen LogP contribution < -0.4 is 11.1 Å². The Morgan fingerprint density at radius 2 is 2.17 bits per heavy atom. The van der Waals surface area contributed by atoms with Crippen LogP contribution in [-0.4, -0.2) is 40.7 Å². The first-order valence-electron chi connectivity index (χ1n) is 6.42. The number of rotatable bonds is 4. The fraction of sp³-hybridized carbons (Fsp3) is 0.500. The van der Waals surface area contributed by atoms with Crippen molar-refractivity contribution in [2.45, 2.75) is 16.3 Å². The number of carbonyl (C=O) groups excluding carboxylic acids is 1. The molecule has 0 saturated heterocycles. The molecule has 1 aliphatic rings. The Labute approximate surface area is 150 Å². The van der Waals surface area contributed by atoms with Crippen LogP contribution in [0, 0.1) is 0 Å². The van der Waals surface area contributed by atoms with Gasteiger partial charge in [0.1, 0.15) is 17.7 Å². The number of alkyl halides is 3. The standard InChI is InChI=1S/C12H13Cl3N2O5S/c13-12(14,15)4-22-11(20)17-3-6-8-5(1-2-21-6)7(10(18)19)9(16)23-8/h6H,1-4,16H2,(H,17,20)(H,18,19). The number of thiophene rings is 1. The molecule has 23 heavy (non-hydrogen) atoms. The number of nitrogens with one attached hydrogen (secondary N) is 1. The summed E-state index contributed by atoms with van der Waals surface area (Å²) >= 11 is 17.6. The molecule has 0 aromatic carbocycles. The number of anilines is 1. The van der Waals surface area contributed by atoms with Crippen molar-refractivity contribution in [3.63, 3.8) is 0 Å². The average molecular weight is 404 g/mol. The van der Waals surface area contributed by atoms with E-state index in [2.05, 4.69) is 5.32 Å². The zero-order valence-corrected chi connectivity index (χ0v) is 14.7. The van der Waals surface area contributed by atoms with Crippen LogP contribution in [0.3, 0.4) is 0 Å². The van der Waals surface area contributed by atoms with Crippen LogP contribution in [0.1, 0.15) is 26.9 Å². The summed E-state index contributed by atoms with van der Waals surface area (Å²) in [5, 5.41) is 11.9. The van der Waals surface area contributed by atoms with E-state index in [0.29, 0.717) is 23.5 Å². The number of nitrogens with two attached hydrogens (primary N) is 1. The molecule has 0 fully saturated rings. The Kier molecular flexibility index (Phi) is 5.85. The zero-order chi connectivity index (χ0) is 17.2. The largest absolute Gasteiger partial charge is 0.478 e. The first-order valence-corrected chi connectivity index (χ1v) is 8.37. The van der Waals surface area contributed by atoms with E-state index in [1.54, 1.807) is 0 Å². The van der Waals surface area contributed by atoms with Gasteiger partial charge in [-0.3, -0.25) is 0 Å². The summed E-state index contributed by atoms with van der Waals surface area (Å²) in [6.07, 6.45) is -0.812. The maximum atomic E-state index is 11.5. The highest BCUT2D eigenvalue weighted by Gasteiger charge is 2.30. The van der Waals surface area contributed by atoms with Gasteiger partial charge in [0, 0.05) is 4.88 Å². The van der Waals surface area contributed by atoms with Crippen LogP contribution in [0.15, 0.2) is 0 Å². The monoisotopic (exact) mass is 402 g/mol. The van der Waals surface area contributed by atoms with Gasteiger partial charge in [-0.05, 0) is 12.0 Å². The zero-order valence-electron chi connectivity index (χ0n) is 11.6. The van der Waals surface area contributed by atoms with Crippen molar-refractivity contribution in [1.82, 2.24) is 5.32 Å². The minimum absolute atomic E-state index is 0.0880. The third-order valence-corrected chi connectivity index (χ3v) is 4.52. The smallest absolute Gasteiger partial charge is 0.407 e. The van der Waals surface area contributed by atoms with Gasteiger partial charge >= 0.3 is 12.1 Å². The molecule has 0 bridgehead atoms. The molecule has 1 amide bonds. The molecule has 1 atom stereocenters. The Morgan fingerprint density at radius 3 is 2.78 bits per heavy atom. The number of aromatic carboxylic acids is 1. The molecule has 1 unspecified atom stereocenters. The second-order valence-corrected chi connectivity index (χ2v) is 8.27. The van der Waals surface area contributed by atoms with E-state index in [-0.39, 0.29) is 17.1 Å². The van der Waals surface area contributed by atoms with Gasteiger partial charge in [0.2, 0.25) is 3.79 Å². The molecule has 7 nitrogen and oxygen atoms in total. The summed E-state index contributed by atoms with van der Waals surface area (Å²) < 4.78 is 8.61. The Bertz CT molecular complexity index is 617. The Morgan fingerprint density at radius 1 is 1.48 bits per heavy atom. The molecule has 1 aromatic rings. The van der Waals surface area contributed by atoms with Gasteiger partial charge < -0.3 is 25.6 Å². The summed E-state index contributed by atoms with van der Waals surface area (Å²) in [6.45, 7) is 0.0269. The van der Waals surface area contributed by atoms with Crippen molar-refractivity contribution in [1.29, 1.82) is 0 Å². The van der Waals surface area contributed by atoms with Crippen molar-refractivity contribution in [2.24, 2.45) is 0 Å². The molecular formula is C12H13Cl3N2O5S. The lowest BCUT2D eigenvalue weighted by molar-refractivity contribution is 0.0434. The van der Waals surface area contributed by atoms with Crippen molar-refractivity contribution in [3.05, 3.63) is 16.0 Å². The van der Waals surface area contributed by atoms with Gasteiger partial charge in [0.15, 0.2) is 0 Å². The maximum Gasteiger partial charge on any atom is 0.407 e. The highest BCUT2D eigenvalue weighted by Crippen LogP contribution is 2.39. The number of halogens is 3. The molecule has 2 rings (SSSR count). The van der Waals surface area contributed by atoms with Crippen LogP contribution in [-0.2, 0) is 15.9 Å².